The predicted octanol–water partition coefficient (Wildman–Crippen LogP) is 4.57. The minimum Gasteiger partial charge on any atom is -0.351 e. The van der Waals surface area contributed by atoms with E-state index in [1.807, 2.05) is 37.6 Å². The highest BCUT2D eigenvalue weighted by Gasteiger charge is 2.37. The Bertz CT molecular complexity index is 1140. The number of likely N-dealkylation sites (N-methyl/N-ethyl adjacent to an activating group) is 1. The van der Waals surface area contributed by atoms with Crippen LogP contribution >= 0.6 is 13.5 Å². The standard InChI is InChI=1S/C24H29FN6O2.2CH4.H2S/c1-12(2)20-22(32)28-19-13(3)26-24(29-21(19)30(20)4)27-17-7-14(8-17)10-31-11-15-9-16(25)5-6-18(15)23(31)33;;;/h5-6,9,12,14,17,20H,7-8,10-11H2,1-4H3,(H,28,32)(H,26,27,29);2*1H4;1H2/t14?,17?,20-;;;/m0.../s1. The number of nitrogens with one attached hydrogen (secondary N) is 2. The van der Waals surface area contributed by atoms with Gasteiger partial charge in [0.05, 0.1) is 5.69 Å². The van der Waals surface area contributed by atoms with Gasteiger partial charge in [0.25, 0.3) is 5.91 Å². The van der Waals surface area contributed by atoms with Gasteiger partial charge in [0.15, 0.2) is 5.82 Å². The Morgan fingerprint density at radius 3 is 2.56 bits per heavy atom. The van der Waals surface area contributed by atoms with E-state index in [9.17, 15) is 14.0 Å². The molecule has 2 aromatic rings. The van der Waals surface area contributed by atoms with Crippen molar-refractivity contribution in [2.75, 3.05) is 29.1 Å². The summed E-state index contributed by atoms with van der Waals surface area (Å²) in [6.07, 6.45) is 1.82. The van der Waals surface area contributed by atoms with Gasteiger partial charge in [-0.25, -0.2) is 9.37 Å². The Labute approximate surface area is 220 Å². The molecule has 2 aliphatic heterocycles. The largest absolute Gasteiger partial charge is 0.351 e. The van der Waals surface area contributed by atoms with Crippen molar-refractivity contribution in [3.63, 3.8) is 0 Å². The van der Waals surface area contributed by atoms with Crippen molar-refractivity contribution in [2.24, 2.45) is 11.8 Å². The monoisotopic (exact) mass is 518 g/mol. The molecule has 10 heteroatoms. The van der Waals surface area contributed by atoms with Crippen LogP contribution in [-0.4, -0.2) is 52.4 Å². The van der Waals surface area contributed by atoms with Crippen LogP contribution in [0.2, 0.25) is 0 Å². The van der Waals surface area contributed by atoms with Crippen molar-refractivity contribution >= 4 is 42.8 Å². The molecule has 0 spiro atoms. The quantitative estimate of drug-likeness (QED) is 0.603. The Kier molecular flexibility index (Phi) is 8.99. The summed E-state index contributed by atoms with van der Waals surface area (Å²) in [5.74, 6) is 1.47. The third-order valence-corrected chi connectivity index (χ3v) is 6.96. The van der Waals surface area contributed by atoms with Gasteiger partial charge in [-0.15, -0.1) is 0 Å². The number of fused-ring (bicyclic) bond motifs is 2. The van der Waals surface area contributed by atoms with E-state index in [2.05, 4.69) is 15.6 Å². The van der Waals surface area contributed by atoms with Crippen molar-refractivity contribution < 1.29 is 14.0 Å². The summed E-state index contributed by atoms with van der Waals surface area (Å²) >= 11 is 0. The van der Waals surface area contributed by atoms with Gasteiger partial charge in [-0.05, 0) is 55.4 Å². The number of amides is 2. The molecule has 2 amide bonds. The molecule has 0 unspecified atom stereocenters. The molecule has 36 heavy (non-hydrogen) atoms. The van der Waals surface area contributed by atoms with E-state index in [0.29, 0.717) is 36.2 Å². The highest BCUT2D eigenvalue weighted by atomic mass is 32.1. The van der Waals surface area contributed by atoms with Crippen molar-refractivity contribution in [3.05, 3.63) is 40.8 Å². The molecular weight excluding hydrogens is 479 g/mol. The number of hydrogen-bond donors (Lipinski definition) is 2. The lowest BCUT2D eigenvalue weighted by atomic mass is 9.80. The summed E-state index contributed by atoms with van der Waals surface area (Å²) in [5.41, 5.74) is 2.77. The summed E-state index contributed by atoms with van der Waals surface area (Å²) in [7, 11) is 1.90. The van der Waals surface area contributed by atoms with Crippen LogP contribution in [0.25, 0.3) is 0 Å². The van der Waals surface area contributed by atoms with E-state index < -0.39 is 0 Å². The van der Waals surface area contributed by atoms with E-state index in [1.54, 1.807) is 6.07 Å². The van der Waals surface area contributed by atoms with Gasteiger partial charge in [0, 0.05) is 31.7 Å². The molecule has 8 nitrogen and oxygen atoms in total. The summed E-state index contributed by atoms with van der Waals surface area (Å²) in [6.45, 7) is 7.06. The van der Waals surface area contributed by atoms with Crippen molar-refractivity contribution in [1.29, 1.82) is 0 Å². The molecule has 0 radical (unpaired) electrons. The fraction of sp³-hybridized carbons (Fsp3) is 0.538. The number of rotatable bonds is 5. The fourth-order valence-corrected chi connectivity index (χ4v) is 5.27. The van der Waals surface area contributed by atoms with Crippen LogP contribution in [0.1, 0.15) is 63.2 Å². The third kappa shape index (κ3) is 5.14. The van der Waals surface area contributed by atoms with Gasteiger partial charge in [-0.1, -0.05) is 28.7 Å². The minimum atomic E-state index is -0.304. The first-order chi connectivity index (χ1) is 15.7. The number of hydrogen-bond acceptors (Lipinski definition) is 6. The zero-order valence-corrected chi connectivity index (χ0v) is 20.9. The van der Waals surface area contributed by atoms with Crippen LogP contribution in [0, 0.1) is 24.6 Å². The molecular formula is C26H39FN6O2S. The maximum absolute atomic E-state index is 13.5. The third-order valence-electron chi connectivity index (χ3n) is 6.96. The molecule has 1 aromatic carbocycles. The molecule has 3 aliphatic rings. The lowest BCUT2D eigenvalue weighted by Crippen LogP contribution is -2.50. The van der Waals surface area contributed by atoms with Crippen molar-refractivity contribution in [3.8, 4) is 0 Å². The second-order valence-corrected chi connectivity index (χ2v) is 9.79. The average molecular weight is 519 g/mol. The molecule has 3 heterocycles. The Balaban J connectivity index is 0.00000152. The molecule has 1 fully saturated rings. The average Bonchev–Trinajstić information content (AvgIpc) is 3.01. The minimum absolute atomic E-state index is 0. The normalized spacial score (nSPS) is 21.9. The number of anilines is 3. The van der Waals surface area contributed by atoms with Gasteiger partial charge >= 0.3 is 0 Å². The highest BCUT2D eigenvalue weighted by molar-refractivity contribution is 7.59. The zero-order chi connectivity index (χ0) is 23.4. The van der Waals surface area contributed by atoms with Gasteiger partial charge in [0.2, 0.25) is 11.9 Å². The summed E-state index contributed by atoms with van der Waals surface area (Å²) < 4.78 is 13.5. The van der Waals surface area contributed by atoms with E-state index in [0.717, 1.165) is 29.9 Å². The van der Waals surface area contributed by atoms with Gasteiger partial charge in [-0.3, -0.25) is 9.59 Å². The number of carbonyl (C=O) groups is 2. The van der Waals surface area contributed by atoms with E-state index in [4.69, 9.17) is 4.98 Å². The molecule has 0 saturated heterocycles. The Hall–Kier alpha value is -2.88. The molecule has 2 N–H and O–H groups in total. The molecule has 198 valence electrons. The number of nitrogens with zero attached hydrogens (tertiary/aromatic N) is 4. The van der Waals surface area contributed by atoms with Gasteiger partial charge in [0.1, 0.15) is 17.5 Å². The van der Waals surface area contributed by atoms with E-state index in [-0.39, 0.29) is 64.0 Å². The SMILES string of the molecule is C.C.Cc1nc(NC2CC(CN3Cc4cc(F)ccc4C3=O)C2)nc2c1NC(=O)[C@H](C(C)C)N2C.S. The van der Waals surface area contributed by atoms with Crippen LogP contribution in [0.15, 0.2) is 18.2 Å². The van der Waals surface area contributed by atoms with Crippen LogP contribution in [0.4, 0.5) is 21.8 Å². The second kappa shape index (κ2) is 11.0. The maximum atomic E-state index is 13.5. The van der Waals surface area contributed by atoms with Gasteiger partial charge in [-0.2, -0.15) is 18.5 Å². The first-order valence-electron chi connectivity index (χ1n) is 11.5. The first-order valence-corrected chi connectivity index (χ1v) is 11.5. The summed E-state index contributed by atoms with van der Waals surface area (Å²) in [4.78, 5) is 38.1. The van der Waals surface area contributed by atoms with Crippen molar-refractivity contribution in [1.82, 2.24) is 14.9 Å². The zero-order valence-electron chi connectivity index (χ0n) is 19.9. The number of halogens is 1. The van der Waals surface area contributed by atoms with Crippen LogP contribution in [0.3, 0.4) is 0 Å². The van der Waals surface area contributed by atoms with Crippen LogP contribution in [-0.2, 0) is 11.3 Å². The number of aromatic nitrogens is 2. The smallest absolute Gasteiger partial charge is 0.254 e. The fourth-order valence-electron chi connectivity index (χ4n) is 5.27. The molecule has 1 aromatic heterocycles. The predicted molar refractivity (Wildman–Crippen MR) is 148 cm³/mol. The van der Waals surface area contributed by atoms with E-state index in [1.165, 1.54) is 12.1 Å². The second-order valence-electron chi connectivity index (χ2n) is 9.79. The highest BCUT2D eigenvalue weighted by Crippen LogP contribution is 2.36. The van der Waals surface area contributed by atoms with Crippen LogP contribution < -0.4 is 15.5 Å². The molecule has 5 rings (SSSR count). The van der Waals surface area contributed by atoms with E-state index >= 15 is 0 Å². The molecule has 1 atom stereocenters. The molecule has 0 bridgehead atoms. The van der Waals surface area contributed by atoms with Crippen molar-refractivity contribution in [2.45, 2.75) is 67.1 Å². The number of benzene rings is 1. The summed E-state index contributed by atoms with van der Waals surface area (Å²) in [5, 5.41) is 6.39. The Morgan fingerprint density at radius 2 is 1.89 bits per heavy atom. The number of carbonyl (C=O) groups excluding carboxylic acids is 2. The number of aryl methyl sites for hydroxylation is 1. The topological polar surface area (TPSA) is 90.5 Å². The Morgan fingerprint density at radius 1 is 1.19 bits per heavy atom. The molecule has 1 aliphatic carbocycles. The summed E-state index contributed by atoms with van der Waals surface area (Å²) in [6, 6.07) is 4.34. The first kappa shape index (κ1) is 29.4. The van der Waals surface area contributed by atoms with Crippen LogP contribution in [0.5, 0.6) is 0 Å². The van der Waals surface area contributed by atoms with Gasteiger partial charge < -0.3 is 20.4 Å². The lowest BCUT2D eigenvalue weighted by molar-refractivity contribution is -0.118. The maximum Gasteiger partial charge on any atom is 0.254 e. The molecule has 1 saturated carbocycles. The lowest BCUT2D eigenvalue weighted by Gasteiger charge is -2.39.